The van der Waals surface area contributed by atoms with Crippen molar-refractivity contribution < 1.29 is 9.47 Å². The molecule has 0 spiro atoms. The molecule has 0 saturated heterocycles. The van der Waals surface area contributed by atoms with Crippen molar-refractivity contribution in [2.75, 3.05) is 12.5 Å². The Labute approximate surface area is 123 Å². The molecule has 2 aliphatic rings. The third-order valence-electron chi connectivity index (χ3n) is 4.44. The lowest BCUT2D eigenvalue weighted by molar-refractivity contribution is -0.0717. The van der Waals surface area contributed by atoms with Gasteiger partial charge in [-0.3, -0.25) is 0 Å². The minimum atomic E-state index is 0.474. The van der Waals surface area contributed by atoms with Crippen LogP contribution in [-0.2, 0) is 9.47 Å². The highest BCUT2D eigenvalue weighted by Gasteiger charge is 2.25. The molecule has 0 aromatic carbocycles. The Balaban J connectivity index is 1.54. The molecule has 19 heavy (non-hydrogen) atoms. The molecule has 0 amide bonds. The summed E-state index contributed by atoms with van der Waals surface area (Å²) in [5.74, 6) is 0.755. The highest BCUT2D eigenvalue weighted by Crippen LogP contribution is 2.28. The van der Waals surface area contributed by atoms with Gasteiger partial charge in [-0.1, -0.05) is 19.3 Å². The van der Waals surface area contributed by atoms with E-state index < -0.39 is 0 Å². The zero-order chi connectivity index (χ0) is 13.3. The van der Waals surface area contributed by atoms with Crippen molar-refractivity contribution in [3.63, 3.8) is 0 Å². The van der Waals surface area contributed by atoms with Gasteiger partial charge in [-0.25, -0.2) is 0 Å². The molecule has 3 heteroatoms. The Morgan fingerprint density at radius 1 is 0.737 bits per heavy atom. The zero-order valence-corrected chi connectivity index (χ0v) is 12.9. The molecule has 0 aromatic heterocycles. The molecular formula is C16H29ClO2. The van der Waals surface area contributed by atoms with Gasteiger partial charge in [-0.15, -0.1) is 11.6 Å². The first kappa shape index (κ1) is 15.6. The smallest absolute Gasteiger partial charge is 0.0580 e. The Kier molecular flexibility index (Phi) is 7.55. The molecule has 2 aliphatic carbocycles. The highest BCUT2D eigenvalue weighted by molar-refractivity contribution is 6.17. The third-order valence-corrected chi connectivity index (χ3v) is 4.71. The number of hydrogen-bond donors (Lipinski definition) is 0. The fourth-order valence-electron chi connectivity index (χ4n) is 3.25. The minimum absolute atomic E-state index is 0.474. The first-order chi connectivity index (χ1) is 9.38. The van der Waals surface area contributed by atoms with E-state index in [0.29, 0.717) is 18.3 Å². The van der Waals surface area contributed by atoms with Gasteiger partial charge in [-0.2, -0.15) is 0 Å². The van der Waals surface area contributed by atoms with Crippen LogP contribution in [0, 0.1) is 0 Å². The van der Waals surface area contributed by atoms with E-state index in [4.69, 9.17) is 21.1 Å². The second-order valence-electron chi connectivity index (χ2n) is 6.06. The van der Waals surface area contributed by atoms with Crippen LogP contribution in [0.4, 0.5) is 0 Å². The number of hydrogen-bond acceptors (Lipinski definition) is 2. The van der Waals surface area contributed by atoms with Crippen LogP contribution in [0.5, 0.6) is 0 Å². The summed E-state index contributed by atoms with van der Waals surface area (Å²) < 4.78 is 12.2. The molecule has 2 rings (SSSR count). The first-order valence-corrected chi connectivity index (χ1v) is 8.75. The maximum atomic E-state index is 6.25. The molecule has 2 fully saturated rings. The van der Waals surface area contributed by atoms with Crippen LogP contribution in [0.25, 0.3) is 0 Å². The molecule has 0 unspecified atom stereocenters. The Bertz CT molecular complexity index is 221. The average molecular weight is 289 g/mol. The molecule has 0 atom stereocenters. The second-order valence-corrected chi connectivity index (χ2v) is 6.44. The summed E-state index contributed by atoms with van der Waals surface area (Å²) in [7, 11) is 0. The van der Waals surface area contributed by atoms with E-state index >= 15 is 0 Å². The summed E-state index contributed by atoms with van der Waals surface area (Å²) in [6, 6.07) is 0. The normalized spacial score (nSPS) is 29.5. The van der Waals surface area contributed by atoms with Gasteiger partial charge in [-0.05, 0) is 51.4 Å². The monoisotopic (exact) mass is 288 g/mol. The number of unbranched alkanes of at least 4 members (excludes halogenated alkanes) is 1. The summed E-state index contributed by atoms with van der Waals surface area (Å²) in [6.45, 7) is 0.880. The molecule has 2 saturated carbocycles. The fourth-order valence-corrected chi connectivity index (χ4v) is 3.44. The van der Waals surface area contributed by atoms with E-state index in [-0.39, 0.29) is 0 Å². The molecule has 0 bridgehead atoms. The highest BCUT2D eigenvalue weighted by atomic mass is 35.5. The predicted octanol–water partition coefficient (Wildman–Crippen LogP) is 4.68. The third kappa shape index (κ3) is 6.01. The van der Waals surface area contributed by atoms with E-state index in [9.17, 15) is 0 Å². The van der Waals surface area contributed by atoms with Crippen LogP contribution < -0.4 is 0 Å². The van der Waals surface area contributed by atoms with Crippen LogP contribution in [0.1, 0.15) is 70.6 Å². The molecular weight excluding hydrogens is 260 g/mol. The van der Waals surface area contributed by atoms with Gasteiger partial charge >= 0.3 is 0 Å². The van der Waals surface area contributed by atoms with Crippen molar-refractivity contribution in [2.45, 2.75) is 88.9 Å². The molecule has 2 nitrogen and oxygen atoms in total. The van der Waals surface area contributed by atoms with Crippen LogP contribution in [-0.4, -0.2) is 30.8 Å². The molecule has 0 aliphatic heterocycles. The maximum absolute atomic E-state index is 6.25. The van der Waals surface area contributed by atoms with E-state index in [1.165, 1.54) is 57.8 Å². The predicted molar refractivity (Wildman–Crippen MR) is 79.9 cm³/mol. The Morgan fingerprint density at radius 2 is 1.37 bits per heavy atom. The van der Waals surface area contributed by atoms with Crippen molar-refractivity contribution in [3.05, 3.63) is 0 Å². The minimum Gasteiger partial charge on any atom is -0.378 e. The zero-order valence-electron chi connectivity index (χ0n) is 12.1. The van der Waals surface area contributed by atoms with Crippen molar-refractivity contribution >= 4 is 11.6 Å². The summed E-state index contributed by atoms with van der Waals surface area (Å²) in [5.41, 5.74) is 0. The summed E-state index contributed by atoms with van der Waals surface area (Å²) in [5, 5.41) is 0. The van der Waals surface area contributed by atoms with Crippen molar-refractivity contribution in [3.8, 4) is 0 Å². The number of halogens is 1. The lowest BCUT2D eigenvalue weighted by atomic mass is 9.93. The van der Waals surface area contributed by atoms with Crippen LogP contribution in [0.3, 0.4) is 0 Å². The molecule has 0 N–H and O–H groups in total. The summed E-state index contributed by atoms with van der Waals surface area (Å²) >= 11 is 5.66. The molecule has 0 radical (unpaired) electrons. The Hall–Kier alpha value is 0.210. The van der Waals surface area contributed by atoms with Crippen LogP contribution >= 0.6 is 11.6 Å². The van der Waals surface area contributed by atoms with E-state index in [1.807, 2.05) is 0 Å². The first-order valence-electron chi connectivity index (χ1n) is 8.21. The summed E-state index contributed by atoms with van der Waals surface area (Å²) in [4.78, 5) is 0. The van der Waals surface area contributed by atoms with Crippen molar-refractivity contribution in [2.24, 2.45) is 0 Å². The standard InChI is InChI=1S/C16H29ClO2/c17-12-4-5-13-18-14-8-10-16(11-9-14)19-15-6-2-1-3-7-15/h14-16H,1-13H2. The van der Waals surface area contributed by atoms with E-state index in [1.54, 1.807) is 0 Å². The quantitative estimate of drug-likeness (QED) is 0.500. The van der Waals surface area contributed by atoms with Gasteiger partial charge in [0.25, 0.3) is 0 Å². The van der Waals surface area contributed by atoms with Gasteiger partial charge in [0, 0.05) is 12.5 Å². The van der Waals surface area contributed by atoms with Crippen molar-refractivity contribution in [1.29, 1.82) is 0 Å². The molecule has 0 heterocycles. The number of alkyl halides is 1. The fraction of sp³-hybridized carbons (Fsp3) is 1.00. The van der Waals surface area contributed by atoms with Crippen molar-refractivity contribution in [1.82, 2.24) is 0 Å². The molecule has 112 valence electrons. The van der Waals surface area contributed by atoms with Gasteiger partial charge in [0.05, 0.1) is 18.3 Å². The van der Waals surface area contributed by atoms with Gasteiger partial charge in [0.15, 0.2) is 0 Å². The lowest BCUT2D eigenvalue weighted by Crippen LogP contribution is -2.30. The molecule has 0 aromatic rings. The Morgan fingerprint density at radius 3 is 2.05 bits per heavy atom. The van der Waals surface area contributed by atoms with Gasteiger partial charge < -0.3 is 9.47 Å². The van der Waals surface area contributed by atoms with Crippen LogP contribution in [0.2, 0.25) is 0 Å². The van der Waals surface area contributed by atoms with Gasteiger partial charge in [0.1, 0.15) is 0 Å². The topological polar surface area (TPSA) is 18.5 Å². The maximum Gasteiger partial charge on any atom is 0.0580 e. The largest absolute Gasteiger partial charge is 0.378 e. The van der Waals surface area contributed by atoms with Crippen LogP contribution in [0.15, 0.2) is 0 Å². The van der Waals surface area contributed by atoms with E-state index in [0.717, 1.165) is 25.3 Å². The number of rotatable bonds is 7. The number of ether oxygens (including phenoxy) is 2. The second kappa shape index (κ2) is 9.20. The van der Waals surface area contributed by atoms with E-state index in [2.05, 4.69) is 0 Å². The summed E-state index contributed by atoms with van der Waals surface area (Å²) in [6.07, 6.45) is 15.2. The SMILES string of the molecule is ClCCCCOC1CCC(OC2CCCCC2)CC1. The van der Waals surface area contributed by atoms with Gasteiger partial charge in [0.2, 0.25) is 0 Å². The average Bonchev–Trinajstić information content (AvgIpc) is 2.46. The lowest BCUT2D eigenvalue weighted by Gasteiger charge is -2.32.